The molecule has 0 spiro atoms. The summed E-state index contributed by atoms with van der Waals surface area (Å²) < 4.78 is 5.21. The molecule has 0 rings (SSSR count). The molecule has 0 fully saturated rings. The molecule has 0 heterocycles. The first kappa shape index (κ1) is 16.5. The van der Waals surface area contributed by atoms with E-state index < -0.39 is 5.97 Å². The molecule has 0 aliphatic heterocycles. The predicted molar refractivity (Wildman–Crippen MR) is 66.0 cm³/mol. The number of carbonyl (C=O) groups is 1. The number of carboxylic acid groups (broad SMARTS) is 1. The molecule has 0 saturated heterocycles. The highest BCUT2D eigenvalue weighted by Crippen LogP contribution is 2.18. The van der Waals surface area contributed by atoms with Crippen molar-refractivity contribution in [3.8, 4) is 0 Å². The van der Waals surface area contributed by atoms with Crippen molar-refractivity contribution in [3.63, 3.8) is 0 Å². The molecule has 0 bridgehead atoms. The molecule has 0 aromatic rings. The van der Waals surface area contributed by atoms with Gasteiger partial charge in [0.25, 0.3) is 0 Å². The fourth-order valence-corrected chi connectivity index (χ4v) is 1.24. The van der Waals surface area contributed by atoms with Gasteiger partial charge in [-0.25, -0.2) is 4.79 Å². The van der Waals surface area contributed by atoms with Crippen LogP contribution >= 0.6 is 11.8 Å². The summed E-state index contributed by atoms with van der Waals surface area (Å²) in [5, 5.41) is 8.77. The van der Waals surface area contributed by atoms with Crippen molar-refractivity contribution < 1.29 is 14.6 Å². The van der Waals surface area contributed by atoms with Crippen LogP contribution in [-0.4, -0.2) is 23.9 Å². The van der Waals surface area contributed by atoms with Crippen LogP contribution in [0.1, 0.15) is 27.2 Å². The summed E-state index contributed by atoms with van der Waals surface area (Å²) in [4.78, 5) is 10.9. The zero-order valence-electron chi connectivity index (χ0n) is 9.87. The van der Waals surface area contributed by atoms with Crippen LogP contribution < -0.4 is 0 Å². The average molecular weight is 232 g/mol. The largest absolute Gasteiger partial charge is 0.492 e. The van der Waals surface area contributed by atoms with Gasteiger partial charge in [-0.2, -0.15) is 0 Å². The highest BCUT2D eigenvalue weighted by atomic mass is 32.2. The molecule has 0 atom stereocenters. The number of carboxylic acids is 1. The Morgan fingerprint density at radius 1 is 1.53 bits per heavy atom. The first-order chi connectivity index (χ1) is 7.17. The van der Waals surface area contributed by atoms with Crippen LogP contribution in [0.5, 0.6) is 0 Å². The summed E-state index contributed by atoms with van der Waals surface area (Å²) in [5.41, 5.74) is 0. The summed E-state index contributed by atoms with van der Waals surface area (Å²) in [6.07, 6.45) is 3.97. The number of allylic oxidation sites excluding steroid dienone is 1. The Labute approximate surface area is 96.2 Å². The normalized spacial score (nSPS) is 10.7. The summed E-state index contributed by atoms with van der Waals surface area (Å²) in [5.74, 6) is -0.625. The van der Waals surface area contributed by atoms with E-state index >= 15 is 0 Å². The van der Waals surface area contributed by atoms with Gasteiger partial charge in [0.2, 0.25) is 0 Å². The lowest BCUT2D eigenvalue weighted by Crippen LogP contribution is -2.03. The lowest BCUT2D eigenvalue weighted by Gasteiger charge is -2.07. The lowest BCUT2D eigenvalue weighted by molar-refractivity contribution is -0.132. The first-order valence-corrected chi connectivity index (χ1v) is 6.16. The van der Waals surface area contributed by atoms with Crippen molar-refractivity contribution in [1.82, 2.24) is 0 Å². The standard InChI is InChI=1S/C9H14O3S.C2H6/c1-4-6-12-7(5-2)8(13-3)9(10)11;1-2/h5H,2,4,6H2,1,3H3,(H,10,11);1-2H3/b8-7+;. The van der Waals surface area contributed by atoms with Crippen LogP contribution in [0, 0.1) is 0 Å². The minimum atomic E-state index is -0.974. The van der Waals surface area contributed by atoms with Crippen LogP contribution in [0.25, 0.3) is 0 Å². The second-order valence-electron chi connectivity index (χ2n) is 2.26. The molecule has 0 unspecified atom stereocenters. The van der Waals surface area contributed by atoms with E-state index in [2.05, 4.69) is 6.58 Å². The molecule has 0 aromatic heterocycles. The molecule has 0 radical (unpaired) electrons. The van der Waals surface area contributed by atoms with Crippen LogP contribution in [-0.2, 0) is 9.53 Å². The Bertz CT molecular complexity index is 222. The summed E-state index contributed by atoms with van der Waals surface area (Å²) in [6, 6.07) is 0. The SMILES string of the molecule is C=C/C(OCCC)=C(\SC)C(=O)O.CC. The summed E-state index contributed by atoms with van der Waals surface area (Å²) in [6.45, 7) is 9.98. The molecule has 0 amide bonds. The second-order valence-corrected chi connectivity index (χ2v) is 3.07. The molecule has 0 aliphatic rings. The fraction of sp³-hybridized carbons (Fsp3) is 0.545. The zero-order chi connectivity index (χ0) is 12.3. The topological polar surface area (TPSA) is 46.5 Å². The molecular formula is C11H20O3S. The van der Waals surface area contributed by atoms with Crippen molar-refractivity contribution in [2.75, 3.05) is 12.9 Å². The fourth-order valence-electron chi connectivity index (χ4n) is 0.722. The Hall–Kier alpha value is -0.900. The van der Waals surface area contributed by atoms with Crippen LogP contribution in [0.4, 0.5) is 0 Å². The Morgan fingerprint density at radius 2 is 2.07 bits per heavy atom. The maximum Gasteiger partial charge on any atom is 0.345 e. The number of ether oxygens (including phenoxy) is 1. The van der Waals surface area contributed by atoms with Gasteiger partial charge in [-0.1, -0.05) is 27.4 Å². The summed E-state index contributed by atoms with van der Waals surface area (Å²) in [7, 11) is 0. The monoisotopic (exact) mass is 232 g/mol. The quantitative estimate of drug-likeness (QED) is 0.433. The van der Waals surface area contributed by atoms with E-state index in [1.807, 2.05) is 20.8 Å². The predicted octanol–water partition coefficient (Wildman–Crippen LogP) is 3.28. The van der Waals surface area contributed by atoms with Crippen molar-refractivity contribution in [2.45, 2.75) is 27.2 Å². The van der Waals surface area contributed by atoms with Crippen molar-refractivity contribution in [3.05, 3.63) is 23.3 Å². The Balaban J connectivity index is 0. The van der Waals surface area contributed by atoms with Gasteiger partial charge in [-0.05, 0) is 18.8 Å². The molecule has 0 aromatic carbocycles. The van der Waals surface area contributed by atoms with Crippen molar-refractivity contribution >= 4 is 17.7 Å². The molecule has 15 heavy (non-hydrogen) atoms. The molecule has 1 N–H and O–H groups in total. The molecule has 4 heteroatoms. The third-order valence-electron chi connectivity index (χ3n) is 1.27. The van der Waals surface area contributed by atoms with Crippen LogP contribution in [0.2, 0.25) is 0 Å². The molecular weight excluding hydrogens is 212 g/mol. The highest BCUT2D eigenvalue weighted by Gasteiger charge is 2.11. The van der Waals surface area contributed by atoms with Gasteiger partial charge in [0, 0.05) is 0 Å². The van der Waals surface area contributed by atoms with Gasteiger partial charge in [-0.3, -0.25) is 0 Å². The van der Waals surface area contributed by atoms with Crippen LogP contribution in [0.15, 0.2) is 23.3 Å². The van der Waals surface area contributed by atoms with E-state index in [0.717, 1.165) is 18.2 Å². The van der Waals surface area contributed by atoms with E-state index in [4.69, 9.17) is 9.84 Å². The molecule has 3 nitrogen and oxygen atoms in total. The maximum absolute atomic E-state index is 10.7. The van der Waals surface area contributed by atoms with Gasteiger partial charge < -0.3 is 9.84 Å². The number of rotatable bonds is 6. The van der Waals surface area contributed by atoms with E-state index in [1.165, 1.54) is 6.08 Å². The van der Waals surface area contributed by atoms with E-state index in [1.54, 1.807) is 6.26 Å². The van der Waals surface area contributed by atoms with Gasteiger partial charge in [0.15, 0.2) is 0 Å². The number of thioether (sulfide) groups is 1. The average Bonchev–Trinajstić information content (AvgIpc) is 2.26. The van der Waals surface area contributed by atoms with Gasteiger partial charge in [0.05, 0.1) is 6.61 Å². The van der Waals surface area contributed by atoms with E-state index in [9.17, 15) is 4.79 Å². The Kier molecular flexibility index (Phi) is 12.3. The lowest BCUT2D eigenvalue weighted by atomic mass is 10.4. The van der Waals surface area contributed by atoms with Crippen molar-refractivity contribution in [2.24, 2.45) is 0 Å². The third-order valence-corrected chi connectivity index (χ3v) is 2.05. The van der Waals surface area contributed by atoms with E-state index in [0.29, 0.717) is 12.4 Å². The zero-order valence-corrected chi connectivity index (χ0v) is 10.7. The van der Waals surface area contributed by atoms with Gasteiger partial charge in [0.1, 0.15) is 10.7 Å². The van der Waals surface area contributed by atoms with Crippen LogP contribution in [0.3, 0.4) is 0 Å². The number of hydrogen-bond donors (Lipinski definition) is 1. The smallest absolute Gasteiger partial charge is 0.345 e. The molecule has 0 saturated carbocycles. The minimum absolute atomic E-state index is 0.198. The maximum atomic E-state index is 10.7. The molecule has 88 valence electrons. The van der Waals surface area contributed by atoms with Gasteiger partial charge in [-0.15, -0.1) is 11.8 Å². The highest BCUT2D eigenvalue weighted by molar-refractivity contribution is 8.03. The van der Waals surface area contributed by atoms with Gasteiger partial charge >= 0.3 is 5.97 Å². The molecule has 0 aliphatic carbocycles. The minimum Gasteiger partial charge on any atom is -0.492 e. The third kappa shape index (κ3) is 7.08. The van der Waals surface area contributed by atoms with E-state index in [-0.39, 0.29) is 4.91 Å². The Morgan fingerprint density at radius 3 is 2.33 bits per heavy atom. The number of aliphatic carboxylic acids is 1. The first-order valence-electron chi connectivity index (χ1n) is 4.94. The number of hydrogen-bond acceptors (Lipinski definition) is 3. The second kappa shape index (κ2) is 11.2. The van der Waals surface area contributed by atoms with Crippen molar-refractivity contribution in [1.29, 1.82) is 0 Å². The summed E-state index contributed by atoms with van der Waals surface area (Å²) >= 11 is 1.14.